The Morgan fingerprint density at radius 2 is 1.74 bits per heavy atom. The quantitative estimate of drug-likeness (QED) is 0.138. The number of piperidine rings is 1. The molecule has 0 saturated carbocycles. The molecule has 0 unspecified atom stereocenters. The van der Waals surface area contributed by atoms with Gasteiger partial charge in [0.2, 0.25) is 0 Å². The van der Waals surface area contributed by atoms with Gasteiger partial charge >= 0.3 is 12.1 Å². The number of aryl methyl sites for hydroxylation is 2. The molecule has 0 aliphatic carbocycles. The number of halogens is 1. The standard InChI is InChI=1S/C41H48ClN5O5S/c1-8-51-39(48)36(52-41(3,4)5)33-24(2)21-31-37(34(33)25-9-12-28(42)13-10-25)53-38(43-31)27-11-14-32-30(22-27)35(44-45(32)6)26-15-18-46(19-16-26)23-29-17-20-47(29)40(49)50-7/h9-14,21-22,26,29,36H,8,15-20,23H2,1-7H3/t29-,36+/m1/s1. The minimum absolute atomic E-state index is 0.229. The number of fused-ring (bicyclic) bond motifs is 2. The molecule has 3 aromatic carbocycles. The first kappa shape index (κ1) is 37.3. The second kappa shape index (κ2) is 15.0. The molecule has 0 radical (unpaired) electrons. The van der Waals surface area contributed by atoms with Crippen LogP contribution in [0, 0.1) is 6.92 Å². The van der Waals surface area contributed by atoms with Crippen molar-refractivity contribution in [1.82, 2.24) is 24.6 Å². The van der Waals surface area contributed by atoms with E-state index in [1.807, 2.05) is 75.5 Å². The molecule has 12 heteroatoms. The van der Waals surface area contributed by atoms with Gasteiger partial charge in [0.15, 0.2) is 6.10 Å². The highest BCUT2D eigenvalue weighted by molar-refractivity contribution is 7.22. The molecule has 0 N–H and O–H groups in total. The number of benzene rings is 3. The fourth-order valence-corrected chi connectivity index (χ4v) is 9.02. The zero-order valence-electron chi connectivity index (χ0n) is 31.6. The normalized spacial score (nSPS) is 17.7. The lowest BCUT2D eigenvalue weighted by molar-refractivity contribution is -0.166. The Morgan fingerprint density at radius 3 is 2.38 bits per heavy atom. The van der Waals surface area contributed by atoms with Crippen LogP contribution in [0.25, 0.3) is 42.8 Å². The maximum atomic E-state index is 13.6. The van der Waals surface area contributed by atoms with Crippen LogP contribution < -0.4 is 0 Å². The Hall–Kier alpha value is -4.03. The van der Waals surface area contributed by atoms with Gasteiger partial charge in [-0.1, -0.05) is 23.7 Å². The van der Waals surface area contributed by atoms with Crippen molar-refractivity contribution in [3.63, 3.8) is 0 Å². The second-order valence-electron chi connectivity index (χ2n) is 15.1. The highest BCUT2D eigenvalue weighted by Crippen LogP contribution is 2.45. The molecule has 2 aliphatic rings. The average molecular weight is 758 g/mol. The molecule has 2 saturated heterocycles. The zero-order valence-corrected chi connectivity index (χ0v) is 33.1. The van der Waals surface area contributed by atoms with E-state index in [1.165, 1.54) is 7.11 Å². The summed E-state index contributed by atoms with van der Waals surface area (Å²) in [6.45, 7) is 13.5. The summed E-state index contributed by atoms with van der Waals surface area (Å²) in [5.74, 6) is -0.0839. The molecule has 4 heterocycles. The van der Waals surface area contributed by atoms with Gasteiger partial charge in [0, 0.05) is 59.2 Å². The summed E-state index contributed by atoms with van der Waals surface area (Å²) >= 11 is 7.96. The van der Waals surface area contributed by atoms with E-state index < -0.39 is 17.7 Å². The number of aromatic nitrogens is 3. The predicted octanol–water partition coefficient (Wildman–Crippen LogP) is 8.92. The van der Waals surface area contributed by atoms with E-state index in [0.717, 1.165) is 105 Å². The number of hydrogen-bond acceptors (Lipinski definition) is 9. The number of hydrogen-bond donors (Lipinski definition) is 0. The minimum atomic E-state index is -0.934. The van der Waals surface area contributed by atoms with Gasteiger partial charge in [0.1, 0.15) is 5.01 Å². The van der Waals surface area contributed by atoms with Gasteiger partial charge in [-0.2, -0.15) is 5.10 Å². The summed E-state index contributed by atoms with van der Waals surface area (Å²) in [6.07, 6.45) is 1.87. The van der Waals surface area contributed by atoms with Crippen LogP contribution in [-0.4, -0.2) is 88.2 Å². The zero-order chi connectivity index (χ0) is 37.6. The Balaban J connectivity index is 1.24. The number of esters is 1. The predicted molar refractivity (Wildman–Crippen MR) is 211 cm³/mol. The van der Waals surface area contributed by atoms with Gasteiger partial charge in [0.25, 0.3) is 0 Å². The molecule has 5 aromatic rings. The summed E-state index contributed by atoms with van der Waals surface area (Å²) in [6, 6.07) is 16.5. The first-order chi connectivity index (χ1) is 25.3. The summed E-state index contributed by atoms with van der Waals surface area (Å²) in [5, 5.41) is 7.72. The van der Waals surface area contributed by atoms with Gasteiger partial charge in [0.05, 0.1) is 40.7 Å². The molecule has 2 atom stereocenters. The van der Waals surface area contributed by atoms with E-state index in [9.17, 15) is 9.59 Å². The molecule has 7 rings (SSSR count). The van der Waals surface area contributed by atoms with Crippen LogP contribution in [0.3, 0.4) is 0 Å². The van der Waals surface area contributed by atoms with Crippen LogP contribution in [0.15, 0.2) is 48.5 Å². The van der Waals surface area contributed by atoms with Gasteiger partial charge < -0.3 is 24.0 Å². The van der Waals surface area contributed by atoms with Gasteiger partial charge in [-0.25, -0.2) is 14.6 Å². The molecule has 53 heavy (non-hydrogen) atoms. The van der Waals surface area contributed by atoms with Crippen molar-refractivity contribution in [2.24, 2.45) is 7.05 Å². The molecule has 10 nitrogen and oxygen atoms in total. The maximum Gasteiger partial charge on any atom is 0.409 e. The third-order valence-electron chi connectivity index (χ3n) is 10.4. The fourth-order valence-electron chi connectivity index (χ4n) is 7.77. The molecular formula is C41H48ClN5O5S. The average Bonchev–Trinajstić information content (AvgIpc) is 3.69. The number of carbonyl (C=O) groups excluding carboxylic acids is 2. The molecule has 0 bridgehead atoms. The minimum Gasteiger partial charge on any atom is -0.464 e. The molecule has 1 amide bonds. The fraction of sp³-hybridized carbons (Fsp3) is 0.463. The topological polar surface area (TPSA) is 99.0 Å². The highest BCUT2D eigenvalue weighted by atomic mass is 35.5. The Bertz CT molecular complexity index is 2150. The molecule has 2 aromatic heterocycles. The van der Waals surface area contributed by atoms with E-state index in [0.29, 0.717) is 10.9 Å². The van der Waals surface area contributed by atoms with Gasteiger partial charge in [-0.05, 0) is 114 Å². The van der Waals surface area contributed by atoms with Crippen molar-refractivity contribution in [1.29, 1.82) is 0 Å². The molecule has 2 aliphatic heterocycles. The number of nitrogens with zero attached hydrogens (tertiary/aromatic N) is 5. The van der Waals surface area contributed by atoms with Gasteiger partial charge in [-0.15, -0.1) is 11.3 Å². The summed E-state index contributed by atoms with van der Waals surface area (Å²) in [5.41, 5.74) is 6.97. The maximum absolute atomic E-state index is 13.6. The smallest absolute Gasteiger partial charge is 0.409 e. The lowest BCUT2D eigenvalue weighted by Gasteiger charge is -2.43. The molecule has 0 spiro atoms. The van der Waals surface area contributed by atoms with E-state index in [1.54, 1.807) is 11.3 Å². The molecule has 2 fully saturated rings. The van der Waals surface area contributed by atoms with Crippen molar-refractivity contribution in [2.45, 2.75) is 77.5 Å². The Morgan fingerprint density at radius 1 is 1.02 bits per heavy atom. The van der Waals surface area contributed by atoms with Crippen molar-refractivity contribution < 1.29 is 23.8 Å². The third kappa shape index (κ3) is 7.54. The van der Waals surface area contributed by atoms with Crippen LogP contribution in [0.4, 0.5) is 4.79 Å². The lowest BCUT2D eigenvalue weighted by atomic mass is 9.90. The van der Waals surface area contributed by atoms with Crippen LogP contribution in [0.2, 0.25) is 5.02 Å². The first-order valence-electron chi connectivity index (χ1n) is 18.4. The van der Waals surface area contributed by atoms with E-state index >= 15 is 0 Å². The SMILES string of the molecule is CCOC(=O)[C@@H](OC(C)(C)C)c1c(C)cc2nc(-c3ccc4c(c3)c(C3CCN(C[C@H]5CCN5C(=O)OC)CC3)nn4C)sc2c1-c1ccc(Cl)cc1. The first-order valence-corrected chi connectivity index (χ1v) is 19.6. The number of carbonyl (C=O) groups is 2. The van der Waals surface area contributed by atoms with Crippen LogP contribution in [0.5, 0.6) is 0 Å². The van der Waals surface area contributed by atoms with E-state index in [2.05, 4.69) is 29.2 Å². The van der Waals surface area contributed by atoms with Crippen LogP contribution in [-0.2, 0) is 26.1 Å². The number of likely N-dealkylation sites (tertiary alicyclic amines) is 2. The third-order valence-corrected chi connectivity index (χ3v) is 11.8. The van der Waals surface area contributed by atoms with Crippen molar-refractivity contribution in [2.75, 3.05) is 39.9 Å². The number of rotatable bonds is 9. The lowest BCUT2D eigenvalue weighted by Crippen LogP contribution is -2.56. The Kier molecular flexibility index (Phi) is 10.6. The van der Waals surface area contributed by atoms with Crippen molar-refractivity contribution in [3.05, 3.63) is 70.4 Å². The summed E-state index contributed by atoms with van der Waals surface area (Å²) < 4.78 is 20.0. The second-order valence-corrected chi connectivity index (χ2v) is 16.6. The van der Waals surface area contributed by atoms with Crippen molar-refractivity contribution >= 4 is 56.1 Å². The number of thiazole rings is 1. The molecular weight excluding hydrogens is 710 g/mol. The van der Waals surface area contributed by atoms with E-state index in [-0.39, 0.29) is 18.7 Å². The highest BCUT2D eigenvalue weighted by Gasteiger charge is 2.36. The largest absolute Gasteiger partial charge is 0.464 e. The number of methoxy groups -OCH3 is 1. The van der Waals surface area contributed by atoms with E-state index in [4.69, 9.17) is 35.9 Å². The monoisotopic (exact) mass is 757 g/mol. The summed E-state index contributed by atoms with van der Waals surface area (Å²) in [7, 11) is 3.46. The molecule has 280 valence electrons. The Labute approximate surface area is 320 Å². The number of ether oxygens (including phenoxy) is 3. The summed E-state index contributed by atoms with van der Waals surface area (Å²) in [4.78, 5) is 35.2. The van der Waals surface area contributed by atoms with Crippen LogP contribution in [0.1, 0.15) is 75.8 Å². The van der Waals surface area contributed by atoms with Crippen LogP contribution >= 0.6 is 22.9 Å². The number of amides is 1. The van der Waals surface area contributed by atoms with Crippen molar-refractivity contribution in [3.8, 4) is 21.7 Å². The van der Waals surface area contributed by atoms with Gasteiger partial charge in [-0.3, -0.25) is 4.68 Å².